The quantitative estimate of drug-likeness (QED) is 0.283. The first-order valence-corrected chi connectivity index (χ1v) is 10.4. The second kappa shape index (κ2) is 10.7. The number of hydrogen-bond donors (Lipinski definition) is 3. The topological polar surface area (TPSA) is 121 Å². The second-order valence-electron chi connectivity index (χ2n) is 6.36. The van der Waals surface area contributed by atoms with Crippen molar-refractivity contribution in [2.24, 2.45) is 5.41 Å². The van der Waals surface area contributed by atoms with Gasteiger partial charge in [-0.1, -0.05) is 51.7 Å². The molecule has 0 aromatic carbocycles. The molecule has 150 valence electrons. The van der Waals surface area contributed by atoms with Gasteiger partial charge in [-0.2, -0.15) is 0 Å². The van der Waals surface area contributed by atoms with Crippen LogP contribution in [0, 0.1) is 5.41 Å². The molecular formula is C18H31O7P. The molecule has 26 heavy (non-hydrogen) atoms. The van der Waals surface area contributed by atoms with Crippen LogP contribution >= 0.6 is 7.60 Å². The lowest BCUT2D eigenvalue weighted by Gasteiger charge is -2.46. The third kappa shape index (κ3) is 4.64. The Kier molecular flexibility index (Phi) is 10.1. The van der Waals surface area contributed by atoms with Crippen molar-refractivity contribution < 1.29 is 33.8 Å². The minimum absolute atomic E-state index is 0.0666. The van der Waals surface area contributed by atoms with Crippen molar-refractivity contribution in [1.82, 2.24) is 0 Å². The van der Waals surface area contributed by atoms with E-state index in [2.05, 4.69) is 13.2 Å². The Labute approximate surface area is 155 Å². The van der Waals surface area contributed by atoms with Gasteiger partial charge in [-0.15, -0.1) is 13.2 Å². The van der Waals surface area contributed by atoms with E-state index in [4.69, 9.17) is 4.52 Å². The lowest BCUT2D eigenvalue weighted by atomic mass is 9.66. The molecule has 0 saturated heterocycles. The highest BCUT2D eigenvalue weighted by molar-refractivity contribution is 7.56. The van der Waals surface area contributed by atoms with Crippen LogP contribution in [0.1, 0.15) is 58.8 Å². The van der Waals surface area contributed by atoms with Crippen molar-refractivity contribution in [2.45, 2.75) is 63.9 Å². The van der Waals surface area contributed by atoms with Gasteiger partial charge in [0.25, 0.3) is 0 Å². The summed E-state index contributed by atoms with van der Waals surface area (Å²) in [7, 11) is -4.88. The molecule has 0 spiro atoms. The number of rotatable bonds is 15. The van der Waals surface area contributed by atoms with Crippen molar-refractivity contribution in [3.8, 4) is 0 Å². The van der Waals surface area contributed by atoms with Crippen LogP contribution in [0.25, 0.3) is 0 Å². The molecule has 3 N–H and O–H groups in total. The van der Waals surface area contributed by atoms with E-state index in [0.717, 1.165) is 0 Å². The van der Waals surface area contributed by atoms with Crippen LogP contribution in [0.4, 0.5) is 0 Å². The van der Waals surface area contributed by atoms with E-state index in [1.165, 1.54) is 12.2 Å². The molecule has 0 aliphatic heterocycles. The summed E-state index contributed by atoms with van der Waals surface area (Å²) in [6, 6.07) is 0. The van der Waals surface area contributed by atoms with Crippen LogP contribution in [0.5, 0.6) is 0 Å². The summed E-state index contributed by atoms with van der Waals surface area (Å²) in [6.45, 7) is 10.2. The lowest BCUT2D eigenvalue weighted by molar-refractivity contribution is -0.162. The summed E-state index contributed by atoms with van der Waals surface area (Å²) in [5.41, 5.74) is -2.00. The van der Waals surface area contributed by atoms with Crippen LogP contribution in [0.2, 0.25) is 0 Å². The van der Waals surface area contributed by atoms with Crippen molar-refractivity contribution in [2.75, 3.05) is 6.61 Å². The van der Waals surface area contributed by atoms with Crippen LogP contribution in [0.15, 0.2) is 25.3 Å². The van der Waals surface area contributed by atoms with Gasteiger partial charge in [-0.3, -0.25) is 14.2 Å². The Bertz CT molecular complexity index is 560. The van der Waals surface area contributed by atoms with Crippen LogP contribution in [0.3, 0.4) is 0 Å². The number of unbranched alkanes of at least 4 members (excludes halogenated alkanes) is 2. The van der Waals surface area contributed by atoms with Crippen molar-refractivity contribution in [3.05, 3.63) is 25.3 Å². The molecule has 0 fully saturated rings. The molecule has 0 saturated carbocycles. The Morgan fingerprint density at radius 1 is 1.04 bits per heavy atom. The minimum Gasteiger partial charge on any atom is -0.481 e. The zero-order valence-corrected chi connectivity index (χ0v) is 16.5. The molecule has 3 atom stereocenters. The molecule has 0 rings (SSSR count). The molecule has 8 heteroatoms. The number of carbonyl (C=O) groups is 2. The third-order valence-corrected chi connectivity index (χ3v) is 7.05. The maximum Gasteiger partial charge on any atom is 0.346 e. The van der Waals surface area contributed by atoms with E-state index in [1.54, 1.807) is 6.92 Å². The maximum absolute atomic E-state index is 13.1. The first-order valence-electron chi connectivity index (χ1n) is 8.79. The highest BCUT2D eigenvalue weighted by Crippen LogP contribution is 2.67. The van der Waals surface area contributed by atoms with E-state index >= 15 is 0 Å². The van der Waals surface area contributed by atoms with Gasteiger partial charge in [0.05, 0.1) is 12.0 Å². The fraction of sp³-hybridized carbons (Fsp3) is 0.667. The summed E-state index contributed by atoms with van der Waals surface area (Å²) >= 11 is 0. The minimum atomic E-state index is -4.88. The highest BCUT2D eigenvalue weighted by atomic mass is 31.2. The van der Waals surface area contributed by atoms with Gasteiger partial charge >= 0.3 is 19.5 Å². The normalized spacial score (nSPS) is 18.1. The van der Waals surface area contributed by atoms with Gasteiger partial charge in [-0.05, 0) is 19.3 Å². The molecule has 0 bridgehead atoms. The Morgan fingerprint density at radius 2 is 1.58 bits per heavy atom. The maximum atomic E-state index is 13.1. The zero-order valence-electron chi connectivity index (χ0n) is 15.6. The van der Waals surface area contributed by atoms with E-state index in [9.17, 15) is 29.3 Å². The third-order valence-electron chi connectivity index (χ3n) is 4.75. The molecule has 0 amide bonds. The molecule has 7 nitrogen and oxygen atoms in total. The zero-order chi connectivity index (χ0) is 20.4. The predicted octanol–water partition coefficient (Wildman–Crippen LogP) is 4.23. The fourth-order valence-corrected chi connectivity index (χ4v) is 5.40. The van der Waals surface area contributed by atoms with E-state index in [-0.39, 0.29) is 32.3 Å². The summed E-state index contributed by atoms with van der Waals surface area (Å²) in [6.07, 6.45) is 3.72. The molecule has 0 aliphatic carbocycles. The standard InChI is InChI=1S/C18H31O7P/c1-5-9-12-17(11-7-3,15(19)20)18(16(21)22,13-10-6-2)26(23,24)25-14-8-4/h7-8H,3-6,9-14H2,1-2H3,(H,19,20)(H,21,22)(H,23,24). The molecular weight excluding hydrogens is 359 g/mol. The van der Waals surface area contributed by atoms with Gasteiger partial charge in [0, 0.05) is 0 Å². The Morgan fingerprint density at radius 3 is 1.96 bits per heavy atom. The van der Waals surface area contributed by atoms with Gasteiger partial charge in [0.15, 0.2) is 5.16 Å². The Hall–Kier alpha value is -1.43. The smallest absolute Gasteiger partial charge is 0.346 e. The summed E-state index contributed by atoms with van der Waals surface area (Å²) in [5.74, 6) is -3.07. The van der Waals surface area contributed by atoms with Gasteiger partial charge in [0.2, 0.25) is 0 Å². The van der Waals surface area contributed by atoms with Crippen LogP contribution < -0.4 is 0 Å². The summed E-state index contributed by atoms with van der Waals surface area (Å²) < 4.78 is 18.1. The Balaban J connectivity index is 6.81. The molecule has 0 aromatic rings. The first kappa shape index (κ1) is 24.6. The van der Waals surface area contributed by atoms with Gasteiger partial charge < -0.3 is 19.6 Å². The van der Waals surface area contributed by atoms with Crippen molar-refractivity contribution in [1.29, 1.82) is 0 Å². The monoisotopic (exact) mass is 390 g/mol. The van der Waals surface area contributed by atoms with Gasteiger partial charge in [-0.25, -0.2) is 0 Å². The average molecular weight is 390 g/mol. The number of aliphatic carboxylic acids is 2. The summed E-state index contributed by atoms with van der Waals surface area (Å²) in [5, 5.41) is 17.6. The second-order valence-corrected chi connectivity index (χ2v) is 8.42. The number of carboxylic acid groups (broad SMARTS) is 2. The van der Waals surface area contributed by atoms with E-state index < -0.39 is 30.1 Å². The lowest BCUT2D eigenvalue weighted by Crippen LogP contribution is -2.58. The molecule has 0 aliphatic rings. The molecule has 0 aromatic heterocycles. The van der Waals surface area contributed by atoms with E-state index in [1.807, 2.05) is 6.92 Å². The SMILES string of the molecule is C=CCOP(=O)(O)C(CCCC)(C(=O)O)C(CC=C)(CCCC)C(=O)O. The van der Waals surface area contributed by atoms with E-state index in [0.29, 0.717) is 19.3 Å². The van der Waals surface area contributed by atoms with Crippen molar-refractivity contribution in [3.63, 3.8) is 0 Å². The summed E-state index contributed by atoms with van der Waals surface area (Å²) in [4.78, 5) is 35.4. The first-order chi connectivity index (χ1) is 12.1. The predicted molar refractivity (Wildman–Crippen MR) is 100 cm³/mol. The number of allylic oxidation sites excluding steroid dienone is 1. The van der Waals surface area contributed by atoms with Crippen LogP contribution in [-0.4, -0.2) is 38.8 Å². The molecule has 0 radical (unpaired) electrons. The molecule has 3 unspecified atom stereocenters. The number of carboxylic acids is 2. The number of hydrogen-bond acceptors (Lipinski definition) is 4. The van der Waals surface area contributed by atoms with Gasteiger partial charge in [0.1, 0.15) is 0 Å². The van der Waals surface area contributed by atoms with Crippen LogP contribution in [-0.2, 0) is 18.7 Å². The molecule has 0 heterocycles. The highest BCUT2D eigenvalue weighted by Gasteiger charge is 2.70. The van der Waals surface area contributed by atoms with Crippen molar-refractivity contribution >= 4 is 19.5 Å². The fourth-order valence-electron chi connectivity index (χ4n) is 3.35. The average Bonchev–Trinajstić information content (AvgIpc) is 2.57. The largest absolute Gasteiger partial charge is 0.481 e.